The fourth-order valence-electron chi connectivity index (χ4n) is 3.26. The largest absolute Gasteiger partial charge is 0.388 e. The highest BCUT2D eigenvalue weighted by atomic mass is 16.3. The molecule has 0 saturated heterocycles. The van der Waals surface area contributed by atoms with Crippen molar-refractivity contribution in [3.63, 3.8) is 0 Å². The molecule has 1 aliphatic heterocycles. The molecule has 0 aliphatic carbocycles. The van der Waals surface area contributed by atoms with Crippen molar-refractivity contribution in [1.29, 1.82) is 0 Å². The van der Waals surface area contributed by atoms with Crippen molar-refractivity contribution in [1.82, 2.24) is 0 Å². The number of hydrogen-bond donors (Lipinski definition) is 1. The van der Waals surface area contributed by atoms with Gasteiger partial charge in [0.15, 0.2) is 0 Å². The van der Waals surface area contributed by atoms with Crippen molar-refractivity contribution >= 4 is 11.4 Å². The SMILES string of the molecule is CC[C@@H](O)c1ccccc1N1CC(C)Cc2ccccc21. The second-order valence-electron chi connectivity index (χ2n) is 6.03. The van der Waals surface area contributed by atoms with E-state index in [4.69, 9.17) is 0 Å². The normalized spacial score (nSPS) is 19.2. The molecule has 21 heavy (non-hydrogen) atoms. The summed E-state index contributed by atoms with van der Waals surface area (Å²) < 4.78 is 0. The van der Waals surface area contributed by atoms with Crippen LogP contribution in [-0.4, -0.2) is 11.7 Å². The summed E-state index contributed by atoms with van der Waals surface area (Å²) in [5.41, 5.74) is 4.86. The Morgan fingerprint density at radius 2 is 1.76 bits per heavy atom. The van der Waals surface area contributed by atoms with Crippen molar-refractivity contribution in [3.8, 4) is 0 Å². The van der Waals surface area contributed by atoms with E-state index in [9.17, 15) is 5.11 Å². The molecular weight excluding hydrogens is 258 g/mol. The number of aliphatic hydroxyl groups is 1. The predicted molar refractivity (Wildman–Crippen MR) is 88.0 cm³/mol. The maximum atomic E-state index is 10.3. The lowest BCUT2D eigenvalue weighted by atomic mass is 9.92. The Morgan fingerprint density at radius 1 is 1.10 bits per heavy atom. The number of benzene rings is 2. The van der Waals surface area contributed by atoms with Crippen LogP contribution in [0.3, 0.4) is 0 Å². The third-order valence-corrected chi connectivity index (χ3v) is 4.32. The van der Waals surface area contributed by atoms with Gasteiger partial charge in [0.05, 0.1) is 6.10 Å². The van der Waals surface area contributed by atoms with Crippen molar-refractivity contribution in [2.75, 3.05) is 11.4 Å². The van der Waals surface area contributed by atoms with Crippen LogP contribution in [0, 0.1) is 5.92 Å². The molecule has 1 aliphatic rings. The van der Waals surface area contributed by atoms with E-state index in [0.717, 1.165) is 30.6 Å². The number of para-hydroxylation sites is 2. The molecular formula is C19H23NO. The van der Waals surface area contributed by atoms with E-state index >= 15 is 0 Å². The summed E-state index contributed by atoms with van der Waals surface area (Å²) in [5.74, 6) is 0.617. The molecule has 2 nitrogen and oxygen atoms in total. The monoisotopic (exact) mass is 281 g/mol. The van der Waals surface area contributed by atoms with Gasteiger partial charge in [-0.2, -0.15) is 0 Å². The van der Waals surface area contributed by atoms with E-state index in [-0.39, 0.29) is 0 Å². The molecule has 2 heteroatoms. The van der Waals surface area contributed by atoms with Crippen LogP contribution in [0.25, 0.3) is 0 Å². The predicted octanol–water partition coefficient (Wildman–Crippen LogP) is 4.46. The van der Waals surface area contributed by atoms with Gasteiger partial charge in [-0.15, -0.1) is 0 Å². The number of fused-ring (bicyclic) bond motifs is 1. The number of anilines is 2. The summed E-state index contributed by atoms with van der Waals surface area (Å²) in [7, 11) is 0. The minimum Gasteiger partial charge on any atom is -0.388 e. The van der Waals surface area contributed by atoms with Crippen LogP contribution in [0.1, 0.15) is 37.5 Å². The Hall–Kier alpha value is -1.80. The zero-order chi connectivity index (χ0) is 14.8. The van der Waals surface area contributed by atoms with Gasteiger partial charge >= 0.3 is 0 Å². The minimum absolute atomic E-state index is 0.398. The topological polar surface area (TPSA) is 23.5 Å². The van der Waals surface area contributed by atoms with E-state index in [1.807, 2.05) is 19.1 Å². The van der Waals surface area contributed by atoms with E-state index in [1.165, 1.54) is 11.3 Å². The quantitative estimate of drug-likeness (QED) is 0.898. The first-order chi connectivity index (χ1) is 10.2. The van der Waals surface area contributed by atoms with E-state index in [1.54, 1.807) is 0 Å². The van der Waals surface area contributed by atoms with Crippen LogP contribution in [0.2, 0.25) is 0 Å². The van der Waals surface area contributed by atoms with Gasteiger partial charge in [-0.1, -0.05) is 50.2 Å². The Bertz CT molecular complexity index is 622. The highest BCUT2D eigenvalue weighted by molar-refractivity contribution is 5.70. The number of nitrogens with zero attached hydrogens (tertiary/aromatic N) is 1. The van der Waals surface area contributed by atoms with Gasteiger partial charge in [-0.3, -0.25) is 0 Å². The molecule has 110 valence electrons. The van der Waals surface area contributed by atoms with Crippen LogP contribution in [0.4, 0.5) is 11.4 Å². The molecule has 1 N–H and O–H groups in total. The van der Waals surface area contributed by atoms with Crippen molar-refractivity contribution in [2.24, 2.45) is 5.92 Å². The fraction of sp³-hybridized carbons (Fsp3) is 0.368. The van der Waals surface area contributed by atoms with E-state index in [0.29, 0.717) is 5.92 Å². The highest BCUT2D eigenvalue weighted by Crippen LogP contribution is 2.38. The molecule has 3 rings (SSSR count). The Kier molecular flexibility index (Phi) is 3.98. The number of aliphatic hydroxyl groups excluding tert-OH is 1. The third kappa shape index (κ3) is 2.68. The van der Waals surface area contributed by atoms with E-state index < -0.39 is 6.10 Å². The summed E-state index contributed by atoms with van der Waals surface area (Å²) in [6.07, 6.45) is 1.47. The summed E-state index contributed by atoms with van der Waals surface area (Å²) in [5, 5.41) is 10.3. The lowest BCUT2D eigenvalue weighted by Crippen LogP contribution is -2.31. The van der Waals surface area contributed by atoms with Gasteiger partial charge in [0.2, 0.25) is 0 Å². The molecule has 0 spiro atoms. The fourth-order valence-corrected chi connectivity index (χ4v) is 3.26. The molecule has 1 heterocycles. The summed E-state index contributed by atoms with van der Waals surface area (Å²) in [6, 6.07) is 16.9. The Balaban J connectivity index is 2.09. The van der Waals surface area contributed by atoms with Gasteiger partial charge in [-0.25, -0.2) is 0 Å². The van der Waals surface area contributed by atoms with Crippen molar-refractivity contribution < 1.29 is 5.11 Å². The summed E-state index contributed by atoms with van der Waals surface area (Å²) in [4.78, 5) is 2.37. The molecule has 0 saturated carbocycles. The lowest BCUT2D eigenvalue weighted by Gasteiger charge is -2.36. The molecule has 0 aromatic heterocycles. The number of rotatable bonds is 3. The Morgan fingerprint density at radius 3 is 2.52 bits per heavy atom. The second-order valence-corrected chi connectivity index (χ2v) is 6.03. The zero-order valence-electron chi connectivity index (χ0n) is 12.8. The molecule has 0 fully saturated rings. The van der Waals surface area contributed by atoms with Crippen LogP contribution in [-0.2, 0) is 6.42 Å². The second kappa shape index (κ2) is 5.90. The smallest absolute Gasteiger partial charge is 0.0807 e. The van der Waals surface area contributed by atoms with Gasteiger partial charge in [0.25, 0.3) is 0 Å². The molecule has 2 aromatic carbocycles. The number of hydrogen-bond acceptors (Lipinski definition) is 2. The van der Waals surface area contributed by atoms with Crippen LogP contribution in [0.15, 0.2) is 48.5 Å². The van der Waals surface area contributed by atoms with Gasteiger partial charge < -0.3 is 10.0 Å². The van der Waals surface area contributed by atoms with Gasteiger partial charge in [0, 0.05) is 23.5 Å². The summed E-state index contributed by atoms with van der Waals surface area (Å²) >= 11 is 0. The minimum atomic E-state index is -0.398. The van der Waals surface area contributed by atoms with E-state index in [2.05, 4.69) is 48.2 Å². The van der Waals surface area contributed by atoms with Gasteiger partial charge in [0.1, 0.15) is 0 Å². The lowest BCUT2D eigenvalue weighted by molar-refractivity contribution is 0.174. The van der Waals surface area contributed by atoms with Crippen LogP contribution in [0.5, 0.6) is 0 Å². The molecule has 0 bridgehead atoms. The molecule has 2 aromatic rings. The molecule has 0 amide bonds. The molecule has 1 unspecified atom stereocenters. The average Bonchev–Trinajstić information content (AvgIpc) is 2.53. The Labute approximate surface area is 127 Å². The van der Waals surface area contributed by atoms with Crippen molar-refractivity contribution in [3.05, 3.63) is 59.7 Å². The molecule has 2 atom stereocenters. The maximum Gasteiger partial charge on any atom is 0.0807 e. The van der Waals surface area contributed by atoms with Gasteiger partial charge in [-0.05, 0) is 36.5 Å². The van der Waals surface area contributed by atoms with Crippen molar-refractivity contribution in [2.45, 2.75) is 32.8 Å². The highest BCUT2D eigenvalue weighted by Gasteiger charge is 2.25. The first-order valence-electron chi connectivity index (χ1n) is 7.83. The maximum absolute atomic E-state index is 10.3. The standard InChI is InChI=1S/C19H23NO/c1-3-19(21)16-9-5-7-11-18(16)20-13-14(2)12-15-8-4-6-10-17(15)20/h4-11,14,19,21H,3,12-13H2,1-2H3/t14?,19-/m1/s1. The van der Waals surface area contributed by atoms with Crippen LogP contribution < -0.4 is 4.90 Å². The zero-order valence-corrected chi connectivity index (χ0v) is 12.8. The third-order valence-electron chi connectivity index (χ3n) is 4.32. The first kappa shape index (κ1) is 14.2. The first-order valence-corrected chi connectivity index (χ1v) is 7.83. The average molecular weight is 281 g/mol. The molecule has 0 radical (unpaired) electrons. The summed E-state index contributed by atoms with van der Waals surface area (Å²) in [6.45, 7) is 5.32. The van der Waals surface area contributed by atoms with Crippen LogP contribution >= 0.6 is 0 Å².